The molecule has 1 aromatic rings. The van der Waals surface area contributed by atoms with E-state index in [1.165, 1.54) is 0 Å². The van der Waals surface area contributed by atoms with Gasteiger partial charge in [0.05, 0.1) is 11.1 Å². The van der Waals surface area contributed by atoms with Gasteiger partial charge in [0, 0.05) is 0 Å². The summed E-state index contributed by atoms with van der Waals surface area (Å²) in [6.07, 6.45) is -4.42. The maximum Gasteiger partial charge on any atom is 1.00 e. The molecule has 0 heterocycles. The molecule has 72 valence electrons. The molecular formula is C8H6F3NaO2. The monoisotopic (exact) mass is 214 g/mol. The molecule has 1 aromatic carbocycles. The van der Waals surface area contributed by atoms with Gasteiger partial charge in [-0.05, 0) is 24.3 Å². The van der Waals surface area contributed by atoms with Crippen LogP contribution in [0.1, 0.15) is 17.3 Å². The number of aromatic carboxylic acids is 1. The number of rotatable bonds is 1. The van der Waals surface area contributed by atoms with Crippen molar-refractivity contribution < 1.29 is 54.1 Å². The van der Waals surface area contributed by atoms with Crippen LogP contribution in [0.2, 0.25) is 0 Å². The van der Waals surface area contributed by atoms with Crippen LogP contribution in [0.15, 0.2) is 24.3 Å². The summed E-state index contributed by atoms with van der Waals surface area (Å²) in [7, 11) is 0. The Morgan fingerprint density at radius 1 is 1.21 bits per heavy atom. The third-order valence-corrected chi connectivity index (χ3v) is 1.46. The predicted molar refractivity (Wildman–Crippen MR) is 39.5 cm³/mol. The Morgan fingerprint density at radius 2 is 1.64 bits per heavy atom. The summed E-state index contributed by atoms with van der Waals surface area (Å²) in [5.41, 5.74) is -1.01. The number of carboxylic acid groups (broad SMARTS) is 1. The molecule has 0 aliphatic carbocycles. The number of hydrogen-bond acceptors (Lipinski definition) is 1. The molecule has 0 fully saturated rings. The topological polar surface area (TPSA) is 37.3 Å². The molecule has 0 saturated heterocycles. The van der Waals surface area contributed by atoms with E-state index in [2.05, 4.69) is 0 Å². The fourth-order valence-corrected chi connectivity index (χ4v) is 0.802. The van der Waals surface area contributed by atoms with Gasteiger partial charge in [-0.1, -0.05) is 0 Å². The van der Waals surface area contributed by atoms with E-state index < -0.39 is 17.7 Å². The first-order valence-corrected chi connectivity index (χ1v) is 3.32. The molecule has 0 atom stereocenters. The van der Waals surface area contributed by atoms with Gasteiger partial charge in [-0.15, -0.1) is 0 Å². The van der Waals surface area contributed by atoms with Crippen molar-refractivity contribution in [2.75, 3.05) is 0 Å². The summed E-state index contributed by atoms with van der Waals surface area (Å²) >= 11 is 0. The average Bonchev–Trinajstić information content (AvgIpc) is 2.03. The number of halogens is 3. The van der Waals surface area contributed by atoms with Crippen LogP contribution in [0.5, 0.6) is 0 Å². The molecule has 0 spiro atoms. The van der Waals surface area contributed by atoms with Crippen molar-refractivity contribution in [2.24, 2.45) is 0 Å². The Labute approximate surface area is 102 Å². The minimum atomic E-state index is -4.42. The van der Waals surface area contributed by atoms with Gasteiger partial charge in [0.15, 0.2) is 0 Å². The van der Waals surface area contributed by atoms with E-state index in [0.29, 0.717) is 0 Å². The molecule has 0 unspecified atom stereocenters. The van der Waals surface area contributed by atoms with Gasteiger partial charge in [-0.25, -0.2) is 4.79 Å². The molecule has 0 bridgehead atoms. The number of carbonyl (C=O) groups is 1. The van der Waals surface area contributed by atoms with E-state index >= 15 is 0 Å². The number of hydrogen-bond donors (Lipinski definition) is 1. The number of alkyl halides is 3. The fraction of sp³-hybridized carbons (Fsp3) is 0.125. The summed E-state index contributed by atoms with van der Waals surface area (Å²) in [4.78, 5) is 10.3. The van der Waals surface area contributed by atoms with Gasteiger partial charge in [-0.2, -0.15) is 13.2 Å². The molecule has 14 heavy (non-hydrogen) atoms. The maximum atomic E-state index is 12.0. The van der Waals surface area contributed by atoms with E-state index in [1.54, 1.807) is 0 Å². The third kappa shape index (κ3) is 3.32. The molecule has 0 aromatic heterocycles. The summed E-state index contributed by atoms with van der Waals surface area (Å²) in [6, 6.07) is 3.32. The molecule has 0 saturated carbocycles. The van der Waals surface area contributed by atoms with Crippen molar-refractivity contribution in [3.8, 4) is 0 Å². The Hall–Kier alpha value is -0.520. The maximum absolute atomic E-state index is 12.0. The van der Waals surface area contributed by atoms with Crippen molar-refractivity contribution in [3.63, 3.8) is 0 Å². The Balaban J connectivity index is 0. The second-order valence-electron chi connectivity index (χ2n) is 2.38. The van der Waals surface area contributed by atoms with Crippen molar-refractivity contribution in [1.82, 2.24) is 0 Å². The minimum Gasteiger partial charge on any atom is -1.00 e. The van der Waals surface area contributed by atoms with Crippen LogP contribution in [0.25, 0.3) is 0 Å². The van der Waals surface area contributed by atoms with Gasteiger partial charge in [-0.3, -0.25) is 0 Å². The summed E-state index contributed by atoms with van der Waals surface area (Å²) in [5, 5.41) is 8.40. The van der Waals surface area contributed by atoms with E-state index in [1.807, 2.05) is 0 Å². The van der Waals surface area contributed by atoms with Crippen LogP contribution in [-0.2, 0) is 6.18 Å². The predicted octanol–water partition coefficient (Wildman–Crippen LogP) is -0.480. The zero-order chi connectivity index (χ0) is 10.1. The molecule has 0 aliphatic heterocycles. The molecule has 2 nitrogen and oxygen atoms in total. The zero-order valence-electron chi connectivity index (χ0n) is 8.30. The third-order valence-electron chi connectivity index (χ3n) is 1.46. The van der Waals surface area contributed by atoms with E-state index in [4.69, 9.17) is 5.11 Å². The second-order valence-corrected chi connectivity index (χ2v) is 2.38. The van der Waals surface area contributed by atoms with Gasteiger partial charge >= 0.3 is 41.7 Å². The van der Waals surface area contributed by atoms with E-state index in [0.717, 1.165) is 24.3 Å². The molecular weight excluding hydrogens is 208 g/mol. The first-order valence-electron chi connectivity index (χ1n) is 3.32. The Bertz CT molecular complexity index is 324. The fourth-order valence-electron chi connectivity index (χ4n) is 0.802. The Morgan fingerprint density at radius 3 is 1.93 bits per heavy atom. The summed E-state index contributed by atoms with van der Waals surface area (Å²) in [5.74, 6) is -1.24. The van der Waals surface area contributed by atoms with Crippen molar-refractivity contribution >= 4 is 5.97 Å². The molecule has 0 aliphatic rings. The Kier molecular flexibility index (Phi) is 4.64. The molecule has 0 amide bonds. The molecule has 1 rings (SSSR count). The minimum absolute atomic E-state index is 0. The molecule has 1 N–H and O–H groups in total. The van der Waals surface area contributed by atoms with Crippen LogP contribution in [0, 0.1) is 0 Å². The van der Waals surface area contributed by atoms with Gasteiger partial charge in [0.25, 0.3) is 0 Å². The van der Waals surface area contributed by atoms with Gasteiger partial charge < -0.3 is 6.53 Å². The van der Waals surface area contributed by atoms with Crippen molar-refractivity contribution in [2.45, 2.75) is 6.18 Å². The summed E-state index contributed by atoms with van der Waals surface area (Å²) < 4.78 is 35.9. The largest absolute Gasteiger partial charge is 1.00 e. The quantitative estimate of drug-likeness (QED) is 0.641. The van der Waals surface area contributed by atoms with Gasteiger partial charge in [0.2, 0.25) is 0 Å². The first kappa shape index (κ1) is 13.5. The van der Waals surface area contributed by atoms with Gasteiger partial charge in [0.1, 0.15) is 0 Å². The van der Waals surface area contributed by atoms with Crippen molar-refractivity contribution in [1.29, 1.82) is 0 Å². The van der Waals surface area contributed by atoms with E-state index in [-0.39, 0.29) is 36.5 Å². The van der Waals surface area contributed by atoms with Crippen LogP contribution < -0.4 is 29.6 Å². The van der Waals surface area contributed by atoms with Crippen LogP contribution in [0.4, 0.5) is 13.2 Å². The number of carboxylic acids is 1. The zero-order valence-corrected chi connectivity index (χ0v) is 9.30. The standard InChI is InChI=1S/C8H5F3O2.Na.H/c9-8(10,11)6-3-1-5(2-4-6)7(12)13;;/h1-4H,(H,12,13);;/q;+1;-1. The molecule has 0 radical (unpaired) electrons. The first-order chi connectivity index (χ1) is 5.91. The van der Waals surface area contributed by atoms with Crippen molar-refractivity contribution in [3.05, 3.63) is 35.4 Å². The van der Waals surface area contributed by atoms with Crippen LogP contribution in [0.3, 0.4) is 0 Å². The van der Waals surface area contributed by atoms with E-state index in [9.17, 15) is 18.0 Å². The average molecular weight is 214 g/mol. The van der Waals surface area contributed by atoms with Crippen LogP contribution in [-0.4, -0.2) is 11.1 Å². The summed E-state index contributed by atoms with van der Waals surface area (Å²) in [6.45, 7) is 0. The smallest absolute Gasteiger partial charge is 1.00 e. The van der Waals surface area contributed by atoms with Crippen LogP contribution >= 0.6 is 0 Å². The number of benzene rings is 1. The normalized spacial score (nSPS) is 10.5. The molecule has 6 heteroatoms. The SMILES string of the molecule is O=C(O)c1ccc(C(F)(F)F)cc1.[H-].[Na+]. The second kappa shape index (κ2) is 4.82.